The molecule has 1 aromatic carbocycles. The molecule has 6 nitrogen and oxygen atoms in total. The summed E-state index contributed by atoms with van der Waals surface area (Å²) in [5.74, 6) is 1.36. The largest absolute Gasteiger partial charge is 0.493 e. The molecule has 1 aromatic rings. The van der Waals surface area contributed by atoms with E-state index in [4.69, 9.17) is 9.47 Å². The van der Waals surface area contributed by atoms with Gasteiger partial charge in [0.2, 0.25) is 11.8 Å². The maximum absolute atomic E-state index is 13.1. The molecule has 0 aliphatic carbocycles. The van der Waals surface area contributed by atoms with Crippen LogP contribution in [0.25, 0.3) is 0 Å². The van der Waals surface area contributed by atoms with E-state index in [1.807, 2.05) is 30.0 Å². The number of amides is 2. The molecule has 0 bridgehead atoms. The highest BCUT2D eigenvalue weighted by molar-refractivity contribution is 5.93. The predicted molar refractivity (Wildman–Crippen MR) is 105 cm³/mol. The van der Waals surface area contributed by atoms with Gasteiger partial charge in [0.15, 0.2) is 0 Å². The molecule has 3 aliphatic heterocycles. The predicted octanol–water partition coefficient (Wildman–Crippen LogP) is 2.57. The van der Waals surface area contributed by atoms with Crippen LogP contribution in [-0.4, -0.2) is 48.6 Å². The van der Waals surface area contributed by atoms with Gasteiger partial charge in [-0.1, -0.05) is 12.1 Å². The standard InChI is InChI=1S/C22H30N2O4/c1-16-5-6-18(19(12-16)28-15-17-7-11-27-14-17)13-23-21(26)22-8-2-4-20(25)24(22)10-3-9-22/h5-6,12,17H,2-4,7-11,13-15H2,1H3,(H,23,26). The maximum Gasteiger partial charge on any atom is 0.246 e. The highest BCUT2D eigenvalue weighted by Crippen LogP contribution is 2.38. The number of carbonyl (C=O) groups is 2. The van der Waals surface area contributed by atoms with E-state index in [2.05, 4.69) is 5.32 Å². The van der Waals surface area contributed by atoms with Gasteiger partial charge in [0.1, 0.15) is 11.3 Å². The number of benzene rings is 1. The minimum absolute atomic E-state index is 0.0197. The van der Waals surface area contributed by atoms with E-state index in [0.29, 0.717) is 32.0 Å². The smallest absolute Gasteiger partial charge is 0.246 e. The summed E-state index contributed by atoms with van der Waals surface area (Å²) in [6, 6.07) is 6.09. The molecule has 6 heteroatoms. The molecule has 0 radical (unpaired) electrons. The van der Waals surface area contributed by atoms with Crippen LogP contribution in [-0.2, 0) is 20.9 Å². The Morgan fingerprint density at radius 1 is 1.36 bits per heavy atom. The number of nitrogens with zero attached hydrogens (tertiary/aromatic N) is 1. The lowest BCUT2D eigenvalue weighted by atomic mass is 9.85. The first-order valence-corrected chi connectivity index (χ1v) is 10.5. The van der Waals surface area contributed by atoms with Crippen LogP contribution in [0.2, 0.25) is 0 Å². The van der Waals surface area contributed by atoms with Gasteiger partial charge >= 0.3 is 0 Å². The van der Waals surface area contributed by atoms with E-state index < -0.39 is 5.54 Å². The number of piperidine rings is 1. The molecular formula is C22H30N2O4. The van der Waals surface area contributed by atoms with Crippen molar-refractivity contribution in [2.45, 2.75) is 57.5 Å². The normalized spacial score (nSPS) is 27.0. The molecule has 2 amide bonds. The summed E-state index contributed by atoms with van der Waals surface area (Å²) in [6.07, 6.45) is 4.83. The van der Waals surface area contributed by atoms with Crippen LogP contribution in [0.3, 0.4) is 0 Å². The zero-order valence-corrected chi connectivity index (χ0v) is 16.7. The summed E-state index contributed by atoms with van der Waals surface area (Å²) in [5.41, 5.74) is 1.47. The molecule has 3 heterocycles. The molecule has 2 unspecified atom stereocenters. The second-order valence-corrected chi connectivity index (χ2v) is 8.37. The summed E-state index contributed by atoms with van der Waals surface area (Å²) in [5, 5.41) is 3.10. The van der Waals surface area contributed by atoms with E-state index in [1.165, 1.54) is 0 Å². The fraction of sp³-hybridized carbons (Fsp3) is 0.636. The van der Waals surface area contributed by atoms with Crippen molar-refractivity contribution in [2.75, 3.05) is 26.4 Å². The molecule has 0 saturated carbocycles. The van der Waals surface area contributed by atoms with Crippen molar-refractivity contribution < 1.29 is 19.1 Å². The zero-order valence-electron chi connectivity index (χ0n) is 16.7. The van der Waals surface area contributed by atoms with Crippen molar-refractivity contribution in [3.8, 4) is 5.75 Å². The Kier molecular flexibility index (Phi) is 5.58. The van der Waals surface area contributed by atoms with E-state index in [-0.39, 0.29) is 11.8 Å². The van der Waals surface area contributed by atoms with Gasteiger partial charge in [-0.15, -0.1) is 0 Å². The van der Waals surface area contributed by atoms with Gasteiger partial charge in [0.05, 0.1) is 13.2 Å². The Morgan fingerprint density at radius 3 is 3.04 bits per heavy atom. The average Bonchev–Trinajstić information content (AvgIpc) is 3.36. The van der Waals surface area contributed by atoms with Gasteiger partial charge in [0.25, 0.3) is 0 Å². The Morgan fingerprint density at radius 2 is 2.21 bits per heavy atom. The van der Waals surface area contributed by atoms with Crippen molar-refractivity contribution in [1.82, 2.24) is 10.2 Å². The molecule has 28 heavy (non-hydrogen) atoms. The maximum atomic E-state index is 13.1. The van der Waals surface area contributed by atoms with Crippen LogP contribution in [0.4, 0.5) is 0 Å². The van der Waals surface area contributed by atoms with Crippen molar-refractivity contribution in [1.29, 1.82) is 0 Å². The summed E-state index contributed by atoms with van der Waals surface area (Å²) >= 11 is 0. The van der Waals surface area contributed by atoms with Gasteiger partial charge in [-0.05, 0) is 50.7 Å². The summed E-state index contributed by atoms with van der Waals surface area (Å²) in [6.45, 7) is 5.36. The van der Waals surface area contributed by atoms with Crippen LogP contribution in [0.1, 0.15) is 49.7 Å². The monoisotopic (exact) mass is 386 g/mol. The molecule has 4 rings (SSSR count). The Balaban J connectivity index is 1.42. The lowest BCUT2D eigenvalue weighted by Gasteiger charge is -2.40. The van der Waals surface area contributed by atoms with E-state index in [1.54, 1.807) is 0 Å². The number of fused-ring (bicyclic) bond motifs is 1. The van der Waals surface area contributed by atoms with Crippen LogP contribution < -0.4 is 10.1 Å². The lowest BCUT2D eigenvalue weighted by molar-refractivity contribution is -0.149. The molecule has 3 aliphatic rings. The summed E-state index contributed by atoms with van der Waals surface area (Å²) < 4.78 is 11.5. The first-order valence-electron chi connectivity index (χ1n) is 10.5. The first-order chi connectivity index (χ1) is 13.6. The number of rotatable bonds is 6. The van der Waals surface area contributed by atoms with E-state index in [9.17, 15) is 9.59 Å². The fourth-order valence-corrected chi connectivity index (χ4v) is 4.72. The van der Waals surface area contributed by atoms with Crippen molar-refractivity contribution in [3.05, 3.63) is 29.3 Å². The number of hydrogen-bond acceptors (Lipinski definition) is 4. The summed E-state index contributed by atoms with van der Waals surface area (Å²) in [7, 11) is 0. The molecular weight excluding hydrogens is 356 g/mol. The number of hydrogen-bond donors (Lipinski definition) is 1. The van der Waals surface area contributed by atoms with Crippen LogP contribution >= 0.6 is 0 Å². The van der Waals surface area contributed by atoms with Crippen molar-refractivity contribution in [2.24, 2.45) is 5.92 Å². The summed E-state index contributed by atoms with van der Waals surface area (Å²) in [4.78, 5) is 27.2. The number of aryl methyl sites for hydroxylation is 1. The molecule has 3 fully saturated rings. The van der Waals surface area contributed by atoms with Gasteiger partial charge < -0.3 is 19.7 Å². The molecule has 3 saturated heterocycles. The Hall–Kier alpha value is -2.08. The highest BCUT2D eigenvalue weighted by Gasteiger charge is 2.50. The molecule has 0 aromatic heterocycles. The van der Waals surface area contributed by atoms with Crippen molar-refractivity contribution >= 4 is 11.8 Å². The number of ether oxygens (including phenoxy) is 2. The third kappa shape index (κ3) is 3.75. The zero-order chi connectivity index (χ0) is 19.6. The third-order valence-electron chi connectivity index (χ3n) is 6.35. The second kappa shape index (κ2) is 8.11. The number of carbonyl (C=O) groups excluding carboxylic acids is 2. The van der Waals surface area contributed by atoms with E-state index in [0.717, 1.165) is 62.2 Å². The lowest BCUT2D eigenvalue weighted by Crippen LogP contribution is -2.59. The number of nitrogens with one attached hydrogen (secondary N) is 1. The van der Waals surface area contributed by atoms with Gasteiger partial charge in [-0.25, -0.2) is 0 Å². The van der Waals surface area contributed by atoms with Crippen molar-refractivity contribution in [3.63, 3.8) is 0 Å². The average molecular weight is 386 g/mol. The SMILES string of the molecule is Cc1ccc(CNC(=O)C23CCCC(=O)N2CCC3)c(OCC2CCOC2)c1. The van der Waals surface area contributed by atoms with Crippen LogP contribution in [0.5, 0.6) is 5.75 Å². The Labute approximate surface area is 166 Å². The van der Waals surface area contributed by atoms with Gasteiger partial charge in [0, 0.05) is 37.6 Å². The minimum atomic E-state index is -0.637. The van der Waals surface area contributed by atoms with Gasteiger partial charge in [-0.3, -0.25) is 9.59 Å². The molecule has 152 valence electrons. The topological polar surface area (TPSA) is 67.9 Å². The Bertz CT molecular complexity index is 744. The molecule has 0 spiro atoms. The highest BCUT2D eigenvalue weighted by atomic mass is 16.5. The molecule has 2 atom stereocenters. The van der Waals surface area contributed by atoms with Crippen LogP contribution in [0.15, 0.2) is 18.2 Å². The van der Waals surface area contributed by atoms with Gasteiger partial charge in [-0.2, -0.15) is 0 Å². The van der Waals surface area contributed by atoms with E-state index >= 15 is 0 Å². The molecule has 1 N–H and O–H groups in total. The van der Waals surface area contributed by atoms with Crippen LogP contribution in [0, 0.1) is 12.8 Å². The first kappa shape index (κ1) is 19.2. The quantitative estimate of drug-likeness (QED) is 0.816. The third-order valence-corrected chi connectivity index (χ3v) is 6.35. The second-order valence-electron chi connectivity index (χ2n) is 8.37. The minimum Gasteiger partial charge on any atom is -0.493 e. The fourth-order valence-electron chi connectivity index (χ4n) is 4.72.